The van der Waals surface area contributed by atoms with Crippen molar-refractivity contribution in [2.24, 2.45) is 0 Å². The third-order valence-corrected chi connectivity index (χ3v) is 9.91. The smallest absolute Gasteiger partial charge is 0.306 e. The molecular formula is C57H90O5. The summed E-state index contributed by atoms with van der Waals surface area (Å²) in [5, 5.41) is 9.59. The van der Waals surface area contributed by atoms with Crippen molar-refractivity contribution in [1.82, 2.24) is 0 Å². The monoisotopic (exact) mass is 855 g/mol. The molecule has 0 aliphatic carbocycles. The van der Waals surface area contributed by atoms with Crippen LogP contribution in [0.5, 0.6) is 0 Å². The highest BCUT2D eigenvalue weighted by Gasteiger charge is 2.16. The maximum absolute atomic E-state index is 12.2. The molecule has 348 valence electrons. The van der Waals surface area contributed by atoms with Gasteiger partial charge in [-0.2, -0.15) is 0 Å². The molecule has 0 radical (unpaired) electrons. The van der Waals surface area contributed by atoms with Gasteiger partial charge >= 0.3 is 11.9 Å². The Morgan fingerprint density at radius 2 is 0.694 bits per heavy atom. The summed E-state index contributed by atoms with van der Waals surface area (Å²) in [6.45, 7) is 3.92. The lowest BCUT2D eigenvalue weighted by atomic mass is 10.1. The molecule has 5 nitrogen and oxygen atoms in total. The van der Waals surface area contributed by atoms with E-state index in [9.17, 15) is 14.7 Å². The first-order valence-electron chi connectivity index (χ1n) is 24.7. The number of unbranched alkanes of at least 4 members (excludes halogenated alkanes) is 13. The molecule has 0 rings (SSSR count). The Balaban J connectivity index is 3.64. The highest BCUT2D eigenvalue weighted by Crippen LogP contribution is 2.12. The zero-order chi connectivity index (χ0) is 44.9. The fourth-order valence-corrected chi connectivity index (χ4v) is 6.23. The van der Waals surface area contributed by atoms with Crippen molar-refractivity contribution in [3.05, 3.63) is 134 Å². The molecular weight excluding hydrogens is 765 g/mol. The predicted octanol–water partition coefficient (Wildman–Crippen LogP) is 16.5. The number of hydrogen-bond donors (Lipinski definition) is 1. The zero-order valence-corrected chi connectivity index (χ0v) is 39.6. The van der Waals surface area contributed by atoms with Gasteiger partial charge in [0.15, 0.2) is 6.10 Å². The van der Waals surface area contributed by atoms with Gasteiger partial charge in [-0.3, -0.25) is 9.59 Å². The van der Waals surface area contributed by atoms with Gasteiger partial charge < -0.3 is 14.6 Å². The molecule has 0 aliphatic rings. The molecule has 0 aromatic rings. The van der Waals surface area contributed by atoms with Crippen molar-refractivity contribution in [2.45, 2.75) is 200 Å². The topological polar surface area (TPSA) is 72.8 Å². The standard InChI is InChI=1S/C57H90O5/c1-3-5-7-9-11-13-15-17-18-19-20-21-22-23-24-25-26-27-28-29-30-31-32-33-34-35-36-37-38-40-42-44-46-48-50-52-57(60)62-55(53-58)54-61-56(59)51-49-47-45-43-41-39-16-14-12-10-8-6-4-2/h5,7-8,10-11,13-14,16-18,20-21,23-24,26-27,29-30,32-33,35-36,55,58H,3-4,6,9,12,15,19,22,25,28,31,34,37-54H2,1-2H3/b7-5-,10-8-,13-11-,16-14-,18-17-,21-20-,24-23-,27-26-,30-29-,33-32-,36-35-. The van der Waals surface area contributed by atoms with Crippen molar-refractivity contribution in [1.29, 1.82) is 0 Å². The quantitative estimate of drug-likeness (QED) is 0.0376. The summed E-state index contributed by atoms with van der Waals surface area (Å²) in [6, 6.07) is 0. The second-order valence-electron chi connectivity index (χ2n) is 15.8. The lowest BCUT2D eigenvalue weighted by Crippen LogP contribution is -2.28. The second-order valence-corrected chi connectivity index (χ2v) is 15.8. The summed E-state index contributed by atoms with van der Waals surface area (Å²) < 4.78 is 10.6. The van der Waals surface area contributed by atoms with Gasteiger partial charge in [-0.05, 0) is 109 Å². The first-order chi connectivity index (χ1) is 30.6. The number of allylic oxidation sites excluding steroid dienone is 22. The first-order valence-corrected chi connectivity index (χ1v) is 24.7. The largest absolute Gasteiger partial charge is 0.462 e. The molecule has 0 saturated carbocycles. The molecule has 0 aromatic heterocycles. The summed E-state index contributed by atoms with van der Waals surface area (Å²) in [4.78, 5) is 24.3. The maximum atomic E-state index is 12.2. The van der Waals surface area contributed by atoms with E-state index >= 15 is 0 Å². The molecule has 0 aliphatic heterocycles. The van der Waals surface area contributed by atoms with Gasteiger partial charge in [-0.15, -0.1) is 0 Å². The van der Waals surface area contributed by atoms with Crippen LogP contribution in [0, 0.1) is 0 Å². The SMILES string of the molecule is CC/C=C\C/C=C\C/C=C\C/C=C\C/C=C\C/C=C\C/C=C\C/C=C\C/C=C\CCCCCCCCCC(=O)OC(CO)COC(=O)CCCCCCC/C=C\C/C=C\CCC. The van der Waals surface area contributed by atoms with Crippen molar-refractivity contribution < 1.29 is 24.2 Å². The average molecular weight is 855 g/mol. The van der Waals surface area contributed by atoms with Crippen LogP contribution in [0.2, 0.25) is 0 Å². The zero-order valence-electron chi connectivity index (χ0n) is 39.6. The maximum Gasteiger partial charge on any atom is 0.306 e. The van der Waals surface area contributed by atoms with Crippen LogP contribution in [0.4, 0.5) is 0 Å². The molecule has 1 atom stereocenters. The Morgan fingerprint density at radius 3 is 1.05 bits per heavy atom. The van der Waals surface area contributed by atoms with Gasteiger partial charge in [0, 0.05) is 12.8 Å². The summed E-state index contributed by atoms with van der Waals surface area (Å²) in [6.07, 6.45) is 76.8. The van der Waals surface area contributed by atoms with Crippen LogP contribution in [-0.4, -0.2) is 36.4 Å². The van der Waals surface area contributed by atoms with Gasteiger partial charge in [0.2, 0.25) is 0 Å². The van der Waals surface area contributed by atoms with E-state index in [0.29, 0.717) is 12.8 Å². The molecule has 0 saturated heterocycles. The third-order valence-electron chi connectivity index (χ3n) is 9.91. The van der Waals surface area contributed by atoms with E-state index in [0.717, 1.165) is 128 Å². The molecule has 0 aromatic carbocycles. The first kappa shape index (κ1) is 58.0. The summed E-state index contributed by atoms with van der Waals surface area (Å²) in [5.74, 6) is -0.632. The highest BCUT2D eigenvalue weighted by molar-refractivity contribution is 5.70. The summed E-state index contributed by atoms with van der Waals surface area (Å²) in [7, 11) is 0. The number of carbonyl (C=O) groups is 2. The van der Waals surface area contributed by atoms with Gasteiger partial charge in [-0.25, -0.2) is 0 Å². The van der Waals surface area contributed by atoms with E-state index in [4.69, 9.17) is 9.47 Å². The minimum atomic E-state index is -0.793. The summed E-state index contributed by atoms with van der Waals surface area (Å²) >= 11 is 0. The predicted molar refractivity (Wildman–Crippen MR) is 269 cm³/mol. The molecule has 0 amide bonds. The molecule has 0 spiro atoms. The van der Waals surface area contributed by atoms with Crippen LogP contribution < -0.4 is 0 Å². The van der Waals surface area contributed by atoms with E-state index in [1.165, 1.54) is 38.5 Å². The number of aliphatic hydroxyl groups excluding tert-OH is 1. The highest BCUT2D eigenvalue weighted by atomic mass is 16.6. The number of hydrogen-bond acceptors (Lipinski definition) is 5. The minimum absolute atomic E-state index is 0.0859. The Morgan fingerprint density at radius 1 is 0.387 bits per heavy atom. The molecule has 62 heavy (non-hydrogen) atoms. The van der Waals surface area contributed by atoms with Gasteiger partial charge in [0.1, 0.15) is 6.61 Å². The number of carbonyl (C=O) groups excluding carboxylic acids is 2. The average Bonchev–Trinajstić information content (AvgIpc) is 3.28. The minimum Gasteiger partial charge on any atom is -0.462 e. The molecule has 5 heteroatoms. The number of ether oxygens (including phenoxy) is 2. The Hall–Kier alpha value is -3.96. The van der Waals surface area contributed by atoms with Crippen molar-refractivity contribution in [3.63, 3.8) is 0 Å². The van der Waals surface area contributed by atoms with E-state index in [1.807, 2.05) is 0 Å². The molecule has 0 fully saturated rings. The Labute approximate surface area is 381 Å². The van der Waals surface area contributed by atoms with E-state index in [-0.39, 0.29) is 25.2 Å². The number of aliphatic hydroxyl groups is 1. The van der Waals surface area contributed by atoms with Gasteiger partial charge in [0.25, 0.3) is 0 Å². The van der Waals surface area contributed by atoms with Crippen LogP contribution in [0.15, 0.2) is 134 Å². The van der Waals surface area contributed by atoms with Crippen LogP contribution in [0.3, 0.4) is 0 Å². The lowest BCUT2D eigenvalue weighted by molar-refractivity contribution is -0.161. The lowest BCUT2D eigenvalue weighted by Gasteiger charge is -2.15. The molecule has 0 bridgehead atoms. The van der Waals surface area contributed by atoms with E-state index in [2.05, 4.69) is 148 Å². The van der Waals surface area contributed by atoms with Crippen molar-refractivity contribution >= 4 is 11.9 Å². The fourth-order valence-electron chi connectivity index (χ4n) is 6.23. The van der Waals surface area contributed by atoms with Crippen LogP contribution >= 0.6 is 0 Å². The molecule has 1 N–H and O–H groups in total. The van der Waals surface area contributed by atoms with Gasteiger partial charge in [0.05, 0.1) is 6.61 Å². The van der Waals surface area contributed by atoms with Crippen molar-refractivity contribution in [3.8, 4) is 0 Å². The normalized spacial score (nSPS) is 13.4. The van der Waals surface area contributed by atoms with E-state index < -0.39 is 6.10 Å². The van der Waals surface area contributed by atoms with Gasteiger partial charge in [-0.1, -0.05) is 205 Å². The van der Waals surface area contributed by atoms with Crippen LogP contribution in [0.25, 0.3) is 0 Å². The summed E-state index contributed by atoms with van der Waals surface area (Å²) in [5.41, 5.74) is 0. The van der Waals surface area contributed by atoms with Crippen LogP contribution in [0.1, 0.15) is 194 Å². The second kappa shape index (κ2) is 51.4. The Bertz CT molecular complexity index is 1330. The number of esters is 2. The van der Waals surface area contributed by atoms with Crippen molar-refractivity contribution in [2.75, 3.05) is 13.2 Å². The van der Waals surface area contributed by atoms with Crippen LogP contribution in [-0.2, 0) is 19.1 Å². The fraction of sp³-hybridized carbons (Fsp3) is 0.579. The number of rotatable bonds is 43. The van der Waals surface area contributed by atoms with E-state index in [1.54, 1.807) is 0 Å². The Kier molecular flexibility index (Phi) is 48.1. The molecule has 1 unspecified atom stereocenters. The molecule has 0 heterocycles. The third kappa shape index (κ3) is 48.7.